The van der Waals surface area contributed by atoms with Crippen molar-refractivity contribution in [3.63, 3.8) is 0 Å². The van der Waals surface area contributed by atoms with Crippen molar-refractivity contribution in [2.75, 3.05) is 7.11 Å². The Morgan fingerprint density at radius 3 is 2.58 bits per heavy atom. The molecule has 0 amide bonds. The average Bonchev–Trinajstić information content (AvgIpc) is 2.46. The SMILES string of the molecule is CCc1ccc(C(=O)C2(OC)CCCC(C)C2)cc1. The maximum absolute atomic E-state index is 12.8. The second-order valence-corrected chi connectivity index (χ2v) is 5.78. The van der Waals surface area contributed by atoms with E-state index < -0.39 is 5.60 Å². The zero-order chi connectivity index (χ0) is 13.9. The summed E-state index contributed by atoms with van der Waals surface area (Å²) in [6.45, 7) is 4.33. The summed E-state index contributed by atoms with van der Waals surface area (Å²) in [6, 6.07) is 7.98. The van der Waals surface area contributed by atoms with Crippen molar-refractivity contribution >= 4 is 5.78 Å². The molecule has 1 saturated carbocycles. The van der Waals surface area contributed by atoms with Crippen LogP contribution in [0.5, 0.6) is 0 Å². The molecule has 0 saturated heterocycles. The molecule has 2 nitrogen and oxygen atoms in total. The summed E-state index contributed by atoms with van der Waals surface area (Å²) < 4.78 is 5.67. The molecule has 1 aromatic carbocycles. The fourth-order valence-electron chi connectivity index (χ4n) is 3.14. The Hall–Kier alpha value is -1.15. The third kappa shape index (κ3) is 2.89. The summed E-state index contributed by atoms with van der Waals surface area (Å²) in [5, 5.41) is 0. The fourth-order valence-corrected chi connectivity index (χ4v) is 3.14. The molecule has 2 atom stereocenters. The number of carbonyl (C=O) groups is 1. The van der Waals surface area contributed by atoms with E-state index in [1.807, 2.05) is 24.3 Å². The molecule has 0 radical (unpaired) electrons. The van der Waals surface area contributed by atoms with E-state index in [2.05, 4.69) is 13.8 Å². The molecule has 2 unspecified atom stereocenters. The van der Waals surface area contributed by atoms with Crippen LogP contribution in [-0.4, -0.2) is 18.5 Å². The lowest BCUT2D eigenvalue weighted by Gasteiger charge is -2.37. The van der Waals surface area contributed by atoms with Gasteiger partial charge in [0.2, 0.25) is 0 Å². The molecule has 1 aliphatic carbocycles. The van der Waals surface area contributed by atoms with Gasteiger partial charge in [0, 0.05) is 12.7 Å². The molecule has 0 aromatic heterocycles. The maximum Gasteiger partial charge on any atom is 0.194 e. The molecule has 19 heavy (non-hydrogen) atoms. The number of rotatable bonds is 4. The minimum absolute atomic E-state index is 0.157. The first-order valence-corrected chi connectivity index (χ1v) is 7.30. The fraction of sp³-hybridized carbons (Fsp3) is 0.588. The van der Waals surface area contributed by atoms with Gasteiger partial charge in [-0.15, -0.1) is 0 Å². The van der Waals surface area contributed by atoms with Gasteiger partial charge in [-0.3, -0.25) is 4.79 Å². The summed E-state index contributed by atoms with van der Waals surface area (Å²) in [5.74, 6) is 0.719. The van der Waals surface area contributed by atoms with Crippen molar-refractivity contribution in [3.05, 3.63) is 35.4 Å². The van der Waals surface area contributed by atoms with Crippen LogP contribution in [0.3, 0.4) is 0 Å². The Balaban J connectivity index is 2.24. The molecule has 0 N–H and O–H groups in total. The number of hydrogen-bond donors (Lipinski definition) is 0. The normalized spacial score (nSPS) is 27.2. The first kappa shape index (κ1) is 14.3. The minimum atomic E-state index is -0.592. The van der Waals surface area contributed by atoms with Gasteiger partial charge in [-0.05, 0) is 37.2 Å². The largest absolute Gasteiger partial charge is 0.370 e. The molecule has 2 rings (SSSR count). The Kier molecular flexibility index (Phi) is 4.41. The van der Waals surface area contributed by atoms with Gasteiger partial charge in [0.05, 0.1) is 0 Å². The predicted molar refractivity (Wildman–Crippen MR) is 77.5 cm³/mol. The summed E-state index contributed by atoms with van der Waals surface area (Å²) in [4.78, 5) is 12.8. The quantitative estimate of drug-likeness (QED) is 0.764. The van der Waals surface area contributed by atoms with Gasteiger partial charge in [0.15, 0.2) is 5.78 Å². The summed E-state index contributed by atoms with van der Waals surface area (Å²) >= 11 is 0. The zero-order valence-electron chi connectivity index (χ0n) is 12.2. The van der Waals surface area contributed by atoms with Crippen molar-refractivity contribution in [2.45, 2.75) is 51.6 Å². The van der Waals surface area contributed by atoms with Crippen LogP contribution in [0.25, 0.3) is 0 Å². The van der Waals surface area contributed by atoms with E-state index in [-0.39, 0.29) is 5.78 Å². The third-order valence-corrected chi connectivity index (χ3v) is 4.38. The molecule has 1 aromatic rings. The predicted octanol–water partition coefficient (Wildman–Crippen LogP) is 4.03. The van der Waals surface area contributed by atoms with E-state index in [0.717, 1.165) is 31.2 Å². The van der Waals surface area contributed by atoms with Crippen molar-refractivity contribution in [3.8, 4) is 0 Å². The van der Waals surface area contributed by atoms with Crippen LogP contribution in [-0.2, 0) is 11.2 Å². The van der Waals surface area contributed by atoms with Crippen LogP contribution in [0, 0.1) is 5.92 Å². The van der Waals surface area contributed by atoms with Crippen LogP contribution >= 0.6 is 0 Å². The number of benzene rings is 1. The second-order valence-electron chi connectivity index (χ2n) is 5.78. The van der Waals surface area contributed by atoms with Gasteiger partial charge in [0.25, 0.3) is 0 Å². The summed E-state index contributed by atoms with van der Waals surface area (Å²) in [7, 11) is 1.68. The van der Waals surface area contributed by atoms with Crippen molar-refractivity contribution in [2.24, 2.45) is 5.92 Å². The Morgan fingerprint density at radius 1 is 1.37 bits per heavy atom. The first-order chi connectivity index (χ1) is 9.11. The van der Waals surface area contributed by atoms with Crippen molar-refractivity contribution in [1.29, 1.82) is 0 Å². The number of aryl methyl sites for hydroxylation is 1. The van der Waals surface area contributed by atoms with E-state index in [1.165, 1.54) is 12.0 Å². The standard InChI is InChI=1S/C17H24O2/c1-4-14-7-9-15(10-8-14)16(18)17(19-3)11-5-6-13(2)12-17/h7-10,13H,4-6,11-12H2,1-3H3. The second kappa shape index (κ2) is 5.87. The van der Waals surface area contributed by atoms with Gasteiger partial charge < -0.3 is 4.74 Å². The first-order valence-electron chi connectivity index (χ1n) is 7.30. The molecular formula is C17H24O2. The highest BCUT2D eigenvalue weighted by atomic mass is 16.5. The highest BCUT2D eigenvalue weighted by Crippen LogP contribution is 2.37. The van der Waals surface area contributed by atoms with Crippen LogP contribution < -0.4 is 0 Å². The van der Waals surface area contributed by atoms with Crippen LogP contribution in [0.2, 0.25) is 0 Å². The van der Waals surface area contributed by atoms with Crippen LogP contribution in [0.1, 0.15) is 55.5 Å². The van der Waals surface area contributed by atoms with E-state index in [9.17, 15) is 4.79 Å². The molecule has 0 bridgehead atoms. The lowest BCUT2D eigenvalue weighted by atomic mass is 9.75. The smallest absolute Gasteiger partial charge is 0.194 e. The number of carbonyl (C=O) groups excluding carboxylic acids is 1. The number of hydrogen-bond acceptors (Lipinski definition) is 2. The lowest BCUT2D eigenvalue weighted by Crippen LogP contribution is -2.44. The molecule has 2 heteroatoms. The zero-order valence-corrected chi connectivity index (χ0v) is 12.2. The monoisotopic (exact) mass is 260 g/mol. The van der Waals surface area contributed by atoms with Crippen LogP contribution in [0.15, 0.2) is 24.3 Å². The topological polar surface area (TPSA) is 26.3 Å². The molecule has 0 spiro atoms. The minimum Gasteiger partial charge on any atom is -0.370 e. The maximum atomic E-state index is 12.8. The van der Waals surface area contributed by atoms with Gasteiger partial charge in [-0.25, -0.2) is 0 Å². The lowest BCUT2D eigenvalue weighted by molar-refractivity contribution is -0.0302. The van der Waals surface area contributed by atoms with E-state index in [4.69, 9.17) is 4.74 Å². The number of methoxy groups -OCH3 is 1. The van der Waals surface area contributed by atoms with Crippen molar-refractivity contribution < 1.29 is 9.53 Å². The number of Topliss-reactive ketones (excluding diaryl/α,β-unsaturated/α-hetero) is 1. The Morgan fingerprint density at radius 2 is 2.05 bits per heavy atom. The summed E-state index contributed by atoms with van der Waals surface area (Å²) in [5.41, 5.74) is 1.46. The number of ketones is 1. The van der Waals surface area contributed by atoms with Crippen LogP contribution in [0.4, 0.5) is 0 Å². The van der Waals surface area contributed by atoms with Gasteiger partial charge in [-0.2, -0.15) is 0 Å². The van der Waals surface area contributed by atoms with Gasteiger partial charge in [-0.1, -0.05) is 44.5 Å². The molecule has 0 aliphatic heterocycles. The molecule has 0 heterocycles. The number of ether oxygens (including phenoxy) is 1. The summed E-state index contributed by atoms with van der Waals surface area (Å²) in [6.07, 6.45) is 4.97. The van der Waals surface area contributed by atoms with E-state index in [0.29, 0.717) is 5.92 Å². The Labute approximate surface area is 116 Å². The Bertz CT molecular complexity index is 435. The molecule has 1 aliphatic rings. The average molecular weight is 260 g/mol. The molecular weight excluding hydrogens is 236 g/mol. The third-order valence-electron chi connectivity index (χ3n) is 4.38. The van der Waals surface area contributed by atoms with Gasteiger partial charge in [0.1, 0.15) is 5.60 Å². The van der Waals surface area contributed by atoms with E-state index in [1.54, 1.807) is 7.11 Å². The highest BCUT2D eigenvalue weighted by molar-refractivity contribution is 6.02. The van der Waals surface area contributed by atoms with E-state index >= 15 is 0 Å². The molecule has 104 valence electrons. The molecule has 1 fully saturated rings. The van der Waals surface area contributed by atoms with Gasteiger partial charge >= 0.3 is 0 Å². The van der Waals surface area contributed by atoms with Crippen molar-refractivity contribution in [1.82, 2.24) is 0 Å². The highest BCUT2D eigenvalue weighted by Gasteiger charge is 2.42.